The van der Waals surface area contributed by atoms with E-state index in [2.05, 4.69) is 19.1 Å². The normalized spacial score (nSPS) is 14.1. The summed E-state index contributed by atoms with van der Waals surface area (Å²) in [5.74, 6) is 0.442. The fourth-order valence-corrected chi connectivity index (χ4v) is 1.98. The highest BCUT2D eigenvalue weighted by molar-refractivity contribution is 5.71. The number of benzene rings is 1. The average Bonchev–Trinajstić information content (AvgIpc) is 2.85. The van der Waals surface area contributed by atoms with Crippen LogP contribution in [-0.2, 0) is 6.42 Å². The lowest BCUT2D eigenvalue weighted by molar-refractivity contribution is 0.472. The summed E-state index contributed by atoms with van der Waals surface area (Å²) in [5, 5.41) is 9.84. The van der Waals surface area contributed by atoms with Gasteiger partial charge in [0.15, 0.2) is 0 Å². The zero-order valence-corrected chi connectivity index (χ0v) is 10.6. The summed E-state index contributed by atoms with van der Waals surface area (Å²) in [7, 11) is 0. The molecule has 88 valence electrons. The Morgan fingerprint density at radius 3 is 2.50 bits per heavy atom. The van der Waals surface area contributed by atoms with Gasteiger partial charge in [-0.2, -0.15) is 0 Å². The van der Waals surface area contributed by atoms with E-state index < -0.39 is 0 Å². The van der Waals surface area contributed by atoms with Gasteiger partial charge in [0, 0.05) is 5.56 Å². The number of phenolic OH excluding ortho intramolecular Hbond substituents is 1. The van der Waals surface area contributed by atoms with E-state index in [1.54, 1.807) is 0 Å². The first-order chi connectivity index (χ1) is 7.81. The van der Waals surface area contributed by atoms with Crippen molar-refractivity contribution in [1.82, 2.24) is 0 Å². The minimum atomic E-state index is 0.442. The molecule has 0 bridgehead atoms. The second-order valence-electron chi connectivity index (χ2n) is 3.83. The second kappa shape index (κ2) is 6.37. The van der Waals surface area contributed by atoms with Crippen molar-refractivity contribution in [2.75, 3.05) is 0 Å². The molecular weight excluding hydrogens is 196 g/mol. The van der Waals surface area contributed by atoms with E-state index in [9.17, 15) is 5.11 Å². The van der Waals surface area contributed by atoms with Crippen LogP contribution in [0.5, 0.6) is 5.75 Å². The van der Waals surface area contributed by atoms with Crippen LogP contribution in [0.4, 0.5) is 0 Å². The molecule has 16 heavy (non-hydrogen) atoms. The van der Waals surface area contributed by atoms with Crippen LogP contribution >= 0.6 is 0 Å². The highest BCUT2D eigenvalue weighted by atomic mass is 16.3. The minimum absolute atomic E-state index is 0.442. The summed E-state index contributed by atoms with van der Waals surface area (Å²) in [6, 6.07) is 6.04. The van der Waals surface area contributed by atoms with Crippen molar-refractivity contribution in [3.8, 4) is 5.75 Å². The molecule has 1 nitrogen and oxygen atoms in total. The molecule has 0 amide bonds. The summed E-state index contributed by atoms with van der Waals surface area (Å²) in [5.41, 5.74) is 3.54. The van der Waals surface area contributed by atoms with Gasteiger partial charge in [0.1, 0.15) is 5.75 Å². The number of aromatic hydroxyl groups is 1. The summed E-state index contributed by atoms with van der Waals surface area (Å²) >= 11 is 0. The summed E-state index contributed by atoms with van der Waals surface area (Å²) in [6.45, 7) is 6.10. The van der Waals surface area contributed by atoms with Crippen molar-refractivity contribution in [3.05, 3.63) is 35.4 Å². The Bertz CT molecular complexity index is 364. The van der Waals surface area contributed by atoms with Crippen molar-refractivity contribution in [2.45, 2.75) is 46.5 Å². The molecular formula is C15H22O. The van der Waals surface area contributed by atoms with Gasteiger partial charge in [-0.1, -0.05) is 39.0 Å². The molecule has 0 spiro atoms. The molecule has 0 heterocycles. The van der Waals surface area contributed by atoms with Crippen molar-refractivity contribution in [3.63, 3.8) is 0 Å². The van der Waals surface area contributed by atoms with Crippen LogP contribution < -0.4 is 0 Å². The molecule has 0 radical (unpaired) electrons. The topological polar surface area (TPSA) is 20.2 Å². The molecule has 0 aromatic heterocycles. The first-order valence-electron chi connectivity index (χ1n) is 6.32. The average molecular weight is 218 g/mol. The molecule has 1 aromatic rings. The molecule has 2 rings (SSSR count). The number of rotatable bonds is 2. The zero-order chi connectivity index (χ0) is 12.0. The van der Waals surface area contributed by atoms with E-state index in [0.717, 1.165) is 24.8 Å². The van der Waals surface area contributed by atoms with Gasteiger partial charge in [-0.3, -0.25) is 0 Å². The van der Waals surface area contributed by atoms with Crippen LogP contribution in [0.2, 0.25) is 0 Å². The quantitative estimate of drug-likeness (QED) is 0.772. The fourth-order valence-electron chi connectivity index (χ4n) is 1.98. The lowest BCUT2D eigenvalue weighted by Gasteiger charge is -2.06. The maximum atomic E-state index is 9.84. The van der Waals surface area contributed by atoms with Gasteiger partial charge in [0.25, 0.3) is 0 Å². The van der Waals surface area contributed by atoms with E-state index >= 15 is 0 Å². The molecule has 1 heteroatoms. The molecule has 0 saturated heterocycles. The van der Waals surface area contributed by atoms with Crippen LogP contribution in [0, 0.1) is 0 Å². The van der Waals surface area contributed by atoms with Gasteiger partial charge in [0.05, 0.1) is 0 Å². The van der Waals surface area contributed by atoms with Crippen LogP contribution in [0.1, 0.15) is 51.2 Å². The van der Waals surface area contributed by atoms with E-state index in [0.29, 0.717) is 5.75 Å². The summed E-state index contributed by atoms with van der Waals surface area (Å²) < 4.78 is 0. The smallest absolute Gasteiger partial charge is 0.123 e. The molecule has 1 aliphatic rings. The molecule has 0 fully saturated rings. The monoisotopic (exact) mass is 218 g/mol. The Kier molecular flexibility index (Phi) is 5.10. The number of hydrogen-bond acceptors (Lipinski definition) is 1. The first-order valence-corrected chi connectivity index (χ1v) is 6.32. The molecule has 1 aromatic carbocycles. The molecule has 1 N–H and O–H groups in total. The van der Waals surface area contributed by atoms with Gasteiger partial charge in [0.2, 0.25) is 0 Å². The van der Waals surface area contributed by atoms with Crippen LogP contribution in [0.3, 0.4) is 0 Å². The zero-order valence-electron chi connectivity index (χ0n) is 10.6. The summed E-state index contributed by atoms with van der Waals surface area (Å²) in [4.78, 5) is 0. The molecule has 0 saturated carbocycles. The van der Waals surface area contributed by atoms with Gasteiger partial charge < -0.3 is 5.11 Å². The summed E-state index contributed by atoms with van der Waals surface area (Å²) in [6.07, 6.45) is 6.71. The largest absolute Gasteiger partial charge is 0.507 e. The molecule has 1 aliphatic carbocycles. The number of hydrogen-bond donors (Lipinski definition) is 1. The molecule has 0 unspecified atom stereocenters. The third kappa shape index (κ3) is 2.88. The lowest BCUT2D eigenvalue weighted by atomic mass is 10.0. The van der Waals surface area contributed by atoms with Crippen molar-refractivity contribution < 1.29 is 5.11 Å². The van der Waals surface area contributed by atoms with Crippen molar-refractivity contribution in [1.29, 1.82) is 0 Å². The Morgan fingerprint density at radius 2 is 2.00 bits per heavy atom. The Hall–Kier alpha value is -1.24. The molecule has 0 aliphatic heterocycles. The van der Waals surface area contributed by atoms with E-state index in [1.807, 2.05) is 26.0 Å². The number of allylic oxidation sites excluding steroid dienone is 2. The predicted molar refractivity (Wildman–Crippen MR) is 70.7 cm³/mol. The standard InChI is InChI=1S/C13H16O.C2H6/c1-2-10-7-8-12(13(14)9-10)11-5-3-4-6-11;1-2/h5,7-9,14H,2-4,6H2,1H3;1-2H3. The van der Waals surface area contributed by atoms with E-state index in [-0.39, 0.29) is 0 Å². The Labute approximate surface area is 98.8 Å². The minimum Gasteiger partial charge on any atom is -0.507 e. The number of phenols is 1. The van der Waals surface area contributed by atoms with E-state index in [4.69, 9.17) is 0 Å². The highest BCUT2D eigenvalue weighted by Crippen LogP contribution is 2.33. The maximum Gasteiger partial charge on any atom is 0.123 e. The fraction of sp³-hybridized carbons (Fsp3) is 0.467. The predicted octanol–water partition coefficient (Wildman–Crippen LogP) is 4.55. The van der Waals surface area contributed by atoms with Crippen molar-refractivity contribution in [2.24, 2.45) is 0 Å². The van der Waals surface area contributed by atoms with E-state index in [1.165, 1.54) is 17.6 Å². The highest BCUT2D eigenvalue weighted by Gasteiger charge is 2.10. The third-order valence-corrected chi connectivity index (χ3v) is 2.86. The van der Waals surface area contributed by atoms with Gasteiger partial charge in [-0.15, -0.1) is 0 Å². The third-order valence-electron chi connectivity index (χ3n) is 2.86. The molecule has 0 atom stereocenters. The van der Waals surface area contributed by atoms with Gasteiger partial charge in [-0.05, 0) is 42.9 Å². The van der Waals surface area contributed by atoms with Crippen LogP contribution in [0.15, 0.2) is 24.3 Å². The van der Waals surface area contributed by atoms with Crippen LogP contribution in [0.25, 0.3) is 5.57 Å². The van der Waals surface area contributed by atoms with Gasteiger partial charge >= 0.3 is 0 Å². The number of aryl methyl sites for hydroxylation is 1. The Morgan fingerprint density at radius 1 is 1.25 bits per heavy atom. The first kappa shape index (κ1) is 12.8. The maximum absolute atomic E-state index is 9.84. The Balaban J connectivity index is 0.000000606. The lowest BCUT2D eigenvalue weighted by Crippen LogP contribution is -1.85. The van der Waals surface area contributed by atoms with Gasteiger partial charge in [-0.25, -0.2) is 0 Å². The van der Waals surface area contributed by atoms with Crippen molar-refractivity contribution >= 4 is 5.57 Å². The SMILES string of the molecule is CC.CCc1ccc(C2=CCCC2)c(O)c1. The van der Waals surface area contributed by atoms with Crippen LogP contribution in [-0.4, -0.2) is 5.11 Å². The second-order valence-corrected chi connectivity index (χ2v) is 3.83.